The molecule has 0 saturated carbocycles. The largest absolute Gasteiger partial charge is 0.481 e. The van der Waals surface area contributed by atoms with Crippen molar-refractivity contribution < 1.29 is 14.6 Å². The third kappa shape index (κ3) is 6.58. The van der Waals surface area contributed by atoms with Crippen molar-refractivity contribution in [2.24, 2.45) is 5.92 Å². The Balaban J connectivity index is 3.73. The summed E-state index contributed by atoms with van der Waals surface area (Å²) >= 11 is 0. The van der Waals surface area contributed by atoms with Gasteiger partial charge in [0.1, 0.15) is 0 Å². The van der Waals surface area contributed by atoms with Gasteiger partial charge in [-0.25, -0.2) is 0 Å². The molecule has 0 spiro atoms. The number of hydrogen-bond donors (Lipinski definition) is 1. The van der Waals surface area contributed by atoms with Crippen LogP contribution in [0, 0.1) is 5.92 Å². The summed E-state index contributed by atoms with van der Waals surface area (Å²) in [5, 5.41) is 8.49. The Bertz CT molecular complexity index is 164. The van der Waals surface area contributed by atoms with E-state index in [0.717, 1.165) is 12.8 Å². The van der Waals surface area contributed by atoms with E-state index >= 15 is 0 Å². The summed E-state index contributed by atoms with van der Waals surface area (Å²) in [6.45, 7) is 6.10. The number of ether oxygens (including phenoxy) is 1. The average Bonchev–Trinajstić information content (AvgIpc) is 2.00. The Hall–Kier alpha value is -0.570. The van der Waals surface area contributed by atoms with Crippen LogP contribution in [-0.4, -0.2) is 23.8 Å². The molecule has 0 fully saturated rings. The molecule has 0 aliphatic carbocycles. The molecular formula is C10H20O3. The first-order valence-corrected chi connectivity index (χ1v) is 4.64. The SMILES string of the molecule is COC(C)(C)CC(C)CCC(=O)O. The molecule has 78 valence electrons. The van der Waals surface area contributed by atoms with Crippen molar-refractivity contribution in [2.75, 3.05) is 7.11 Å². The van der Waals surface area contributed by atoms with Gasteiger partial charge in [-0.1, -0.05) is 6.92 Å². The summed E-state index contributed by atoms with van der Waals surface area (Å²) in [6.07, 6.45) is 1.87. The second-order valence-electron chi connectivity index (χ2n) is 4.21. The smallest absolute Gasteiger partial charge is 0.303 e. The number of carboxylic acids is 1. The maximum Gasteiger partial charge on any atom is 0.303 e. The summed E-state index contributed by atoms with van der Waals surface area (Å²) < 4.78 is 5.27. The number of rotatable bonds is 6. The zero-order valence-corrected chi connectivity index (χ0v) is 8.96. The lowest BCUT2D eigenvalue weighted by molar-refractivity contribution is -0.137. The van der Waals surface area contributed by atoms with Crippen molar-refractivity contribution >= 4 is 5.97 Å². The molecule has 3 heteroatoms. The molecule has 1 atom stereocenters. The van der Waals surface area contributed by atoms with E-state index < -0.39 is 5.97 Å². The first-order chi connectivity index (χ1) is 5.87. The van der Waals surface area contributed by atoms with Gasteiger partial charge in [-0.3, -0.25) is 4.79 Å². The fourth-order valence-electron chi connectivity index (χ4n) is 1.39. The summed E-state index contributed by atoms with van der Waals surface area (Å²) in [7, 11) is 1.68. The van der Waals surface area contributed by atoms with Gasteiger partial charge in [-0.15, -0.1) is 0 Å². The van der Waals surface area contributed by atoms with Crippen molar-refractivity contribution in [2.45, 2.75) is 45.6 Å². The van der Waals surface area contributed by atoms with Gasteiger partial charge < -0.3 is 9.84 Å². The van der Waals surface area contributed by atoms with Gasteiger partial charge in [0.25, 0.3) is 0 Å². The van der Waals surface area contributed by atoms with Gasteiger partial charge in [0.05, 0.1) is 5.60 Å². The van der Waals surface area contributed by atoms with E-state index in [1.165, 1.54) is 0 Å². The highest BCUT2D eigenvalue weighted by molar-refractivity contribution is 5.66. The minimum Gasteiger partial charge on any atom is -0.481 e. The highest BCUT2D eigenvalue weighted by Gasteiger charge is 2.20. The van der Waals surface area contributed by atoms with Gasteiger partial charge in [-0.05, 0) is 32.6 Å². The van der Waals surface area contributed by atoms with E-state index in [2.05, 4.69) is 6.92 Å². The lowest BCUT2D eigenvalue weighted by atomic mass is 9.91. The predicted octanol–water partition coefficient (Wildman–Crippen LogP) is 2.30. The Morgan fingerprint density at radius 1 is 1.54 bits per heavy atom. The third-order valence-corrected chi connectivity index (χ3v) is 2.24. The lowest BCUT2D eigenvalue weighted by Gasteiger charge is -2.26. The van der Waals surface area contributed by atoms with Crippen molar-refractivity contribution in [1.29, 1.82) is 0 Å². The molecule has 0 amide bonds. The van der Waals surface area contributed by atoms with Crippen LogP contribution in [0.15, 0.2) is 0 Å². The van der Waals surface area contributed by atoms with E-state index in [1.54, 1.807) is 7.11 Å². The summed E-state index contributed by atoms with van der Waals surface area (Å²) in [5.74, 6) is -0.326. The number of hydrogen-bond acceptors (Lipinski definition) is 2. The van der Waals surface area contributed by atoms with Crippen LogP contribution in [0.25, 0.3) is 0 Å². The normalized spacial score (nSPS) is 14.2. The zero-order chi connectivity index (χ0) is 10.5. The van der Waals surface area contributed by atoms with Gasteiger partial charge >= 0.3 is 5.97 Å². The third-order valence-electron chi connectivity index (χ3n) is 2.24. The van der Waals surface area contributed by atoms with E-state index in [9.17, 15) is 4.79 Å². The average molecular weight is 188 g/mol. The monoisotopic (exact) mass is 188 g/mol. The van der Waals surface area contributed by atoms with Gasteiger partial charge in [-0.2, -0.15) is 0 Å². The van der Waals surface area contributed by atoms with Gasteiger partial charge in [0.2, 0.25) is 0 Å². The standard InChI is InChI=1S/C10H20O3/c1-8(5-6-9(11)12)7-10(2,3)13-4/h8H,5-7H2,1-4H3,(H,11,12). The lowest BCUT2D eigenvalue weighted by Crippen LogP contribution is -2.25. The first-order valence-electron chi connectivity index (χ1n) is 4.64. The molecule has 0 radical (unpaired) electrons. The fourth-order valence-corrected chi connectivity index (χ4v) is 1.39. The van der Waals surface area contributed by atoms with Gasteiger partial charge in [0.15, 0.2) is 0 Å². The van der Waals surface area contributed by atoms with Crippen LogP contribution in [0.3, 0.4) is 0 Å². The van der Waals surface area contributed by atoms with E-state index in [-0.39, 0.29) is 12.0 Å². The topological polar surface area (TPSA) is 46.5 Å². The second-order valence-corrected chi connectivity index (χ2v) is 4.21. The highest BCUT2D eigenvalue weighted by Crippen LogP contribution is 2.22. The second kappa shape index (κ2) is 5.22. The molecule has 13 heavy (non-hydrogen) atoms. The molecular weight excluding hydrogens is 168 g/mol. The number of aliphatic carboxylic acids is 1. The summed E-state index contributed by atoms with van der Waals surface area (Å²) in [5.41, 5.74) is -0.141. The summed E-state index contributed by atoms with van der Waals surface area (Å²) in [4.78, 5) is 10.3. The van der Waals surface area contributed by atoms with Crippen molar-refractivity contribution in [1.82, 2.24) is 0 Å². The minimum absolute atomic E-state index is 0.141. The molecule has 0 aromatic heterocycles. The fraction of sp³-hybridized carbons (Fsp3) is 0.900. The first kappa shape index (κ1) is 12.4. The maximum atomic E-state index is 10.3. The van der Waals surface area contributed by atoms with Crippen LogP contribution in [0.1, 0.15) is 40.0 Å². The molecule has 0 saturated heterocycles. The van der Waals surface area contributed by atoms with Crippen LogP contribution < -0.4 is 0 Å². The van der Waals surface area contributed by atoms with E-state index in [0.29, 0.717) is 5.92 Å². The minimum atomic E-state index is -0.720. The molecule has 0 bridgehead atoms. The van der Waals surface area contributed by atoms with E-state index in [4.69, 9.17) is 9.84 Å². The molecule has 0 aromatic rings. The Morgan fingerprint density at radius 3 is 2.46 bits per heavy atom. The van der Waals surface area contributed by atoms with Crippen molar-refractivity contribution in [3.8, 4) is 0 Å². The zero-order valence-electron chi connectivity index (χ0n) is 8.96. The van der Waals surface area contributed by atoms with Crippen molar-refractivity contribution in [3.63, 3.8) is 0 Å². The predicted molar refractivity (Wildman–Crippen MR) is 51.7 cm³/mol. The molecule has 0 aliphatic heterocycles. The number of methoxy groups -OCH3 is 1. The molecule has 0 aliphatic rings. The van der Waals surface area contributed by atoms with Crippen LogP contribution >= 0.6 is 0 Å². The van der Waals surface area contributed by atoms with Gasteiger partial charge in [0, 0.05) is 13.5 Å². The molecule has 3 nitrogen and oxygen atoms in total. The molecule has 1 N–H and O–H groups in total. The van der Waals surface area contributed by atoms with Crippen molar-refractivity contribution in [3.05, 3.63) is 0 Å². The molecule has 1 unspecified atom stereocenters. The van der Waals surface area contributed by atoms with E-state index in [1.807, 2.05) is 13.8 Å². The molecule has 0 rings (SSSR count). The van der Waals surface area contributed by atoms with Crippen LogP contribution in [0.2, 0.25) is 0 Å². The maximum absolute atomic E-state index is 10.3. The number of carbonyl (C=O) groups is 1. The Morgan fingerprint density at radius 2 is 2.08 bits per heavy atom. The quantitative estimate of drug-likeness (QED) is 0.695. The molecule has 0 heterocycles. The highest BCUT2D eigenvalue weighted by atomic mass is 16.5. The van der Waals surface area contributed by atoms with Crippen LogP contribution in [0.5, 0.6) is 0 Å². The summed E-state index contributed by atoms with van der Waals surface area (Å²) in [6, 6.07) is 0. The Labute approximate surface area is 80.1 Å². The molecule has 0 aromatic carbocycles. The van der Waals surface area contributed by atoms with Crippen LogP contribution in [-0.2, 0) is 9.53 Å². The number of carboxylic acid groups (broad SMARTS) is 1. The van der Waals surface area contributed by atoms with Crippen LogP contribution in [0.4, 0.5) is 0 Å². The Kier molecular flexibility index (Phi) is 4.99.